The molecule has 0 aromatic carbocycles. The number of nitrogens with one attached hydrogen (secondary N) is 1. The molecule has 0 saturated heterocycles. The van der Waals surface area contributed by atoms with Gasteiger partial charge in [-0.1, -0.05) is 20.8 Å². The first-order chi connectivity index (χ1) is 9.86. The third kappa shape index (κ3) is 5.41. The lowest BCUT2D eigenvalue weighted by molar-refractivity contribution is -0.122. The van der Waals surface area contributed by atoms with Crippen LogP contribution in [-0.2, 0) is 4.79 Å². The molecule has 2 atom stereocenters. The standard InChI is InChI=1S/C16H29N3OS/c1-6-13(17)15(16-12(4)7-8-21-16)19(5)10-14(20)18-9-11(2)3/h7-8,11,13,15H,6,9-10,17H2,1-5H3,(H,18,20). The van der Waals surface area contributed by atoms with Gasteiger partial charge in [0.05, 0.1) is 12.6 Å². The van der Waals surface area contributed by atoms with Crippen LogP contribution in [0.5, 0.6) is 0 Å². The molecular weight excluding hydrogens is 282 g/mol. The minimum Gasteiger partial charge on any atom is -0.355 e. The van der Waals surface area contributed by atoms with Crippen LogP contribution in [0.25, 0.3) is 0 Å². The molecule has 4 nitrogen and oxygen atoms in total. The van der Waals surface area contributed by atoms with Gasteiger partial charge in [0.15, 0.2) is 0 Å². The van der Waals surface area contributed by atoms with Crippen LogP contribution < -0.4 is 11.1 Å². The largest absolute Gasteiger partial charge is 0.355 e. The molecule has 2 unspecified atom stereocenters. The van der Waals surface area contributed by atoms with Gasteiger partial charge in [0.1, 0.15) is 0 Å². The van der Waals surface area contributed by atoms with E-state index in [1.54, 1.807) is 11.3 Å². The molecule has 0 spiro atoms. The van der Waals surface area contributed by atoms with E-state index >= 15 is 0 Å². The first-order valence-electron chi connectivity index (χ1n) is 7.63. The van der Waals surface area contributed by atoms with Crippen LogP contribution >= 0.6 is 11.3 Å². The number of nitrogens with two attached hydrogens (primary N) is 1. The van der Waals surface area contributed by atoms with E-state index in [0.717, 1.165) is 13.0 Å². The molecular formula is C16H29N3OS. The van der Waals surface area contributed by atoms with E-state index in [2.05, 4.69) is 49.4 Å². The number of rotatable bonds is 8. The molecule has 0 saturated carbocycles. The number of likely N-dealkylation sites (N-methyl/N-ethyl adjacent to an activating group) is 1. The predicted molar refractivity (Wildman–Crippen MR) is 90.5 cm³/mol. The number of carbonyl (C=O) groups is 1. The lowest BCUT2D eigenvalue weighted by Gasteiger charge is -2.32. The molecule has 1 aromatic heterocycles. The highest BCUT2D eigenvalue weighted by Gasteiger charge is 2.26. The Morgan fingerprint density at radius 1 is 1.48 bits per heavy atom. The fourth-order valence-electron chi connectivity index (χ4n) is 2.33. The second kappa shape index (κ2) is 8.51. The lowest BCUT2D eigenvalue weighted by atomic mass is 10.0. The number of hydrogen-bond acceptors (Lipinski definition) is 4. The average molecular weight is 311 g/mol. The van der Waals surface area contributed by atoms with Gasteiger partial charge in [-0.3, -0.25) is 9.69 Å². The van der Waals surface area contributed by atoms with Crippen molar-refractivity contribution in [3.05, 3.63) is 21.9 Å². The smallest absolute Gasteiger partial charge is 0.234 e. The summed E-state index contributed by atoms with van der Waals surface area (Å²) in [5.41, 5.74) is 7.56. The van der Waals surface area contributed by atoms with Gasteiger partial charge in [-0.05, 0) is 43.3 Å². The van der Waals surface area contributed by atoms with Crippen LogP contribution in [0.3, 0.4) is 0 Å². The summed E-state index contributed by atoms with van der Waals surface area (Å²) in [5.74, 6) is 0.529. The Balaban J connectivity index is 2.75. The molecule has 1 aromatic rings. The molecule has 0 bridgehead atoms. The van der Waals surface area contributed by atoms with Gasteiger partial charge in [-0.2, -0.15) is 0 Å². The summed E-state index contributed by atoms with van der Waals surface area (Å²) in [6.07, 6.45) is 0.889. The summed E-state index contributed by atoms with van der Waals surface area (Å²) < 4.78 is 0. The van der Waals surface area contributed by atoms with Crippen molar-refractivity contribution in [2.45, 2.75) is 46.2 Å². The van der Waals surface area contributed by atoms with Gasteiger partial charge < -0.3 is 11.1 Å². The van der Waals surface area contributed by atoms with Crippen molar-refractivity contribution >= 4 is 17.2 Å². The molecule has 1 amide bonds. The molecule has 0 aliphatic rings. The van der Waals surface area contributed by atoms with E-state index in [1.807, 2.05) is 7.05 Å². The number of amides is 1. The van der Waals surface area contributed by atoms with E-state index in [1.165, 1.54) is 10.4 Å². The van der Waals surface area contributed by atoms with Crippen molar-refractivity contribution in [2.75, 3.05) is 20.1 Å². The van der Waals surface area contributed by atoms with Gasteiger partial charge in [0, 0.05) is 17.5 Å². The Labute approximate surface area is 132 Å². The summed E-state index contributed by atoms with van der Waals surface area (Å²) in [5, 5.41) is 5.06. The Hall–Kier alpha value is -0.910. The van der Waals surface area contributed by atoms with Crippen molar-refractivity contribution in [1.29, 1.82) is 0 Å². The molecule has 0 aliphatic carbocycles. The van der Waals surface area contributed by atoms with Crippen LogP contribution in [0.2, 0.25) is 0 Å². The minimum atomic E-state index is 0.0326. The van der Waals surface area contributed by atoms with Crippen molar-refractivity contribution in [2.24, 2.45) is 11.7 Å². The van der Waals surface area contributed by atoms with Crippen molar-refractivity contribution in [3.8, 4) is 0 Å². The SMILES string of the molecule is CCC(N)C(c1sccc1C)N(C)CC(=O)NCC(C)C. The monoisotopic (exact) mass is 311 g/mol. The van der Waals surface area contributed by atoms with Crippen LogP contribution in [0.1, 0.15) is 43.7 Å². The highest BCUT2D eigenvalue weighted by molar-refractivity contribution is 7.10. The molecule has 0 fully saturated rings. The summed E-state index contributed by atoms with van der Waals surface area (Å²) in [7, 11) is 1.98. The Bertz CT molecular complexity index is 444. The second-order valence-electron chi connectivity index (χ2n) is 6.10. The summed E-state index contributed by atoms with van der Waals surface area (Å²) in [6, 6.07) is 2.24. The molecule has 1 heterocycles. The van der Waals surface area contributed by atoms with Crippen LogP contribution in [0.15, 0.2) is 11.4 Å². The lowest BCUT2D eigenvalue weighted by Crippen LogP contribution is -2.44. The third-order valence-electron chi connectivity index (χ3n) is 3.62. The predicted octanol–water partition coefficient (Wildman–Crippen LogP) is 2.54. The number of nitrogens with zero attached hydrogens (tertiary/aromatic N) is 1. The van der Waals surface area contributed by atoms with Crippen molar-refractivity contribution in [3.63, 3.8) is 0 Å². The van der Waals surface area contributed by atoms with Gasteiger partial charge in [0.2, 0.25) is 5.91 Å². The summed E-state index contributed by atoms with van der Waals surface area (Å²) in [6.45, 7) is 9.47. The number of aryl methyl sites for hydroxylation is 1. The Morgan fingerprint density at radius 2 is 2.14 bits per heavy atom. The highest BCUT2D eigenvalue weighted by Crippen LogP contribution is 2.30. The zero-order valence-corrected chi connectivity index (χ0v) is 14.7. The van der Waals surface area contributed by atoms with Crippen molar-refractivity contribution < 1.29 is 4.79 Å². The van der Waals surface area contributed by atoms with E-state index in [4.69, 9.17) is 5.73 Å². The van der Waals surface area contributed by atoms with Crippen LogP contribution in [-0.4, -0.2) is 37.0 Å². The third-order valence-corrected chi connectivity index (χ3v) is 4.71. The zero-order chi connectivity index (χ0) is 16.0. The van der Waals surface area contributed by atoms with Gasteiger partial charge in [-0.25, -0.2) is 0 Å². The molecule has 5 heteroatoms. The fourth-order valence-corrected chi connectivity index (χ4v) is 3.50. The summed E-state index contributed by atoms with van der Waals surface area (Å²) >= 11 is 1.72. The maximum Gasteiger partial charge on any atom is 0.234 e. The minimum absolute atomic E-state index is 0.0326. The fraction of sp³-hybridized carbons (Fsp3) is 0.688. The first-order valence-corrected chi connectivity index (χ1v) is 8.51. The molecule has 120 valence electrons. The van der Waals surface area contributed by atoms with Gasteiger partial charge >= 0.3 is 0 Å². The summed E-state index contributed by atoms with van der Waals surface area (Å²) in [4.78, 5) is 15.4. The normalized spacial score (nSPS) is 14.5. The van der Waals surface area contributed by atoms with E-state index in [9.17, 15) is 4.79 Å². The molecule has 3 N–H and O–H groups in total. The maximum atomic E-state index is 12.0. The number of carbonyl (C=O) groups excluding carboxylic acids is 1. The quantitative estimate of drug-likeness (QED) is 0.775. The van der Waals surface area contributed by atoms with Gasteiger partial charge in [-0.15, -0.1) is 11.3 Å². The number of hydrogen-bond donors (Lipinski definition) is 2. The average Bonchev–Trinajstić information content (AvgIpc) is 2.82. The Kier molecular flexibility index (Phi) is 7.35. The van der Waals surface area contributed by atoms with E-state index in [-0.39, 0.29) is 18.0 Å². The maximum absolute atomic E-state index is 12.0. The van der Waals surface area contributed by atoms with E-state index in [0.29, 0.717) is 12.5 Å². The molecule has 0 aliphatic heterocycles. The zero-order valence-electron chi connectivity index (χ0n) is 13.8. The number of thiophene rings is 1. The first kappa shape index (κ1) is 18.1. The molecule has 21 heavy (non-hydrogen) atoms. The topological polar surface area (TPSA) is 58.4 Å². The second-order valence-corrected chi connectivity index (χ2v) is 7.05. The molecule has 1 rings (SSSR count). The highest BCUT2D eigenvalue weighted by atomic mass is 32.1. The van der Waals surface area contributed by atoms with E-state index < -0.39 is 0 Å². The van der Waals surface area contributed by atoms with Gasteiger partial charge in [0.25, 0.3) is 0 Å². The Morgan fingerprint density at radius 3 is 2.62 bits per heavy atom. The van der Waals surface area contributed by atoms with Crippen LogP contribution in [0, 0.1) is 12.8 Å². The molecule has 0 radical (unpaired) electrons. The van der Waals surface area contributed by atoms with Crippen LogP contribution in [0.4, 0.5) is 0 Å². The van der Waals surface area contributed by atoms with Crippen molar-refractivity contribution in [1.82, 2.24) is 10.2 Å².